The third-order valence-corrected chi connectivity index (χ3v) is 3.97. The zero-order chi connectivity index (χ0) is 12.0. The van der Waals surface area contributed by atoms with Gasteiger partial charge in [-0.15, -0.1) is 0 Å². The topological polar surface area (TPSA) is 49.4 Å². The van der Waals surface area contributed by atoms with E-state index in [4.69, 9.17) is 0 Å². The molecule has 96 valence electrons. The number of piperidine rings is 1. The fourth-order valence-electron chi connectivity index (χ4n) is 2.19. The van der Waals surface area contributed by atoms with Crippen LogP contribution in [-0.4, -0.2) is 57.5 Å². The molecule has 0 bridgehead atoms. The third kappa shape index (κ3) is 5.27. The largest absolute Gasteiger partial charge is 0.315 e. The Kier molecular flexibility index (Phi) is 5.72. The van der Waals surface area contributed by atoms with Gasteiger partial charge in [0.15, 0.2) is 0 Å². The lowest BCUT2D eigenvalue weighted by Crippen LogP contribution is -2.47. The van der Waals surface area contributed by atoms with Crippen LogP contribution in [0, 0.1) is 0 Å². The number of nitrogens with one attached hydrogen (secondary N) is 1. The van der Waals surface area contributed by atoms with Gasteiger partial charge < -0.3 is 5.32 Å². The van der Waals surface area contributed by atoms with Gasteiger partial charge in [0.2, 0.25) is 0 Å². The first-order valence-corrected chi connectivity index (χ1v) is 8.21. The molecule has 4 nitrogen and oxygen atoms in total. The molecule has 1 unspecified atom stereocenters. The van der Waals surface area contributed by atoms with Crippen LogP contribution in [0.25, 0.3) is 0 Å². The molecule has 0 radical (unpaired) electrons. The predicted molar refractivity (Wildman–Crippen MR) is 67.5 cm³/mol. The molecule has 0 saturated carbocycles. The van der Waals surface area contributed by atoms with E-state index in [-0.39, 0.29) is 5.75 Å². The van der Waals surface area contributed by atoms with E-state index in [1.807, 2.05) is 0 Å². The molecule has 0 amide bonds. The van der Waals surface area contributed by atoms with E-state index in [2.05, 4.69) is 17.1 Å². The highest BCUT2D eigenvalue weighted by Gasteiger charge is 2.20. The Labute approximate surface area is 99.3 Å². The number of hydrogen-bond acceptors (Lipinski definition) is 4. The van der Waals surface area contributed by atoms with Gasteiger partial charge >= 0.3 is 0 Å². The second-order valence-corrected chi connectivity index (χ2v) is 6.93. The Balaban J connectivity index is 2.45. The standard InChI is InChI=1S/C11H24N2O2S/c1-3-7-13(8-9-16(2,14)15)11-5-4-6-12-10-11/h11-12H,3-10H2,1-2H3. The summed E-state index contributed by atoms with van der Waals surface area (Å²) in [6, 6.07) is 0.524. The zero-order valence-corrected chi connectivity index (χ0v) is 11.2. The van der Waals surface area contributed by atoms with Crippen molar-refractivity contribution in [1.82, 2.24) is 10.2 Å². The van der Waals surface area contributed by atoms with E-state index in [0.29, 0.717) is 12.6 Å². The monoisotopic (exact) mass is 248 g/mol. The van der Waals surface area contributed by atoms with Crippen molar-refractivity contribution in [1.29, 1.82) is 0 Å². The SMILES string of the molecule is CCCN(CCS(C)(=O)=O)C1CCCNC1. The van der Waals surface area contributed by atoms with Gasteiger partial charge in [-0.25, -0.2) is 8.42 Å². The first-order valence-electron chi connectivity index (χ1n) is 6.15. The molecule has 5 heteroatoms. The minimum absolute atomic E-state index is 0.281. The van der Waals surface area contributed by atoms with Gasteiger partial charge in [0.1, 0.15) is 9.84 Å². The van der Waals surface area contributed by atoms with E-state index in [1.54, 1.807) is 0 Å². The van der Waals surface area contributed by atoms with Gasteiger partial charge in [0.25, 0.3) is 0 Å². The average molecular weight is 248 g/mol. The smallest absolute Gasteiger partial charge is 0.148 e. The van der Waals surface area contributed by atoms with Crippen LogP contribution in [-0.2, 0) is 9.84 Å². The molecule has 0 aromatic carbocycles. The molecular formula is C11H24N2O2S. The summed E-state index contributed by atoms with van der Waals surface area (Å²) in [5.74, 6) is 0.281. The maximum Gasteiger partial charge on any atom is 0.148 e. The summed E-state index contributed by atoms with van der Waals surface area (Å²) in [4.78, 5) is 2.33. The maximum absolute atomic E-state index is 11.2. The molecule has 1 atom stereocenters. The van der Waals surface area contributed by atoms with Crippen molar-refractivity contribution in [3.05, 3.63) is 0 Å². The van der Waals surface area contributed by atoms with Crippen molar-refractivity contribution < 1.29 is 8.42 Å². The number of nitrogens with zero attached hydrogens (tertiary/aromatic N) is 1. The fourth-order valence-corrected chi connectivity index (χ4v) is 2.76. The van der Waals surface area contributed by atoms with E-state index in [9.17, 15) is 8.42 Å². The molecule has 1 aliphatic heterocycles. The maximum atomic E-state index is 11.2. The van der Waals surface area contributed by atoms with Crippen molar-refractivity contribution in [2.24, 2.45) is 0 Å². The van der Waals surface area contributed by atoms with Gasteiger partial charge in [0, 0.05) is 25.4 Å². The van der Waals surface area contributed by atoms with Crippen molar-refractivity contribution in [2.45, 2.75) is 32.2 Å². The highest BCUT2D eigenvalue weighted by atomic mass is 32.2. The zero-order valence-electron chi connectivity index (χ0n) is 10.4. The lowest BCUT2D eigenvalue weighted by molar-refractivity contribution is 0.175. The fraction of sp³-hybridized carbons (Fsp3) is 1.00. The Bertz CT molecular complexity index is 284. The van der Waals surface area contributed by atoms with Gasteiger partial charge in [-0.3, -0.25) is 4.90 Å². The van der Waals surface area contributed by atoms with Gasteiger partial charge in [0.05, 0.1) is 5.75 Å². The van der Waals surface area contributed by atoms with Crippen molar-refractivity contribution in [3.8, 4) is 0 Å². The lowest BCUT2D eigenvalue weighted by atomic mass is 10.1. The van der Waals surface area contributed by atoms with Crippen LogP contribution in [0.2, 0.25) is 0 Å². The molecule has 16 heavy (non-hydrogen) atoms. The quantitative estimate of drug-likeness (QED) is 0.743. The highest BCUT2D eigenvalue weighted by molar-refractivity contribution is 7.90. The van der Waals surface area contributed by atoms with Gasteiger partial charge in [-0.2, -0.15) is 0 Å². The second kappa shape index (κ2) is 6.57. The van der Waals surface area contributed by atoms with E-state index in [1.165, 1.54) is 19.1 Å². The van der Waals surface area contributed by atoms with Gasteiger partial charge in [-0.05, 0) is 32.4 Å². The summed E-state index contributed by atoms with van der Waals surface area (Å²) in [6.45, 7) is 5.93. The summed E-state index contributed by atoms with van der Waals surface area (Å²) in [7, 11) is -2.84. The van der Waals surface area contributed by atoms with Crippen LogP contribution < -0.4 is 5.32 Å². The van der Waals surface area contributed by atoms with E-state index < -0.39 is 9.84 Å². The van der Waals surface area contributed by atoms with Gasteiger partial charge in [-0.1, -0.05) is 6.92 Å². The summed E-state index contributed by atoms with van der Waals surface area (Å²) >= 11 is 0. The Morgan fingerprint density at radius 3 is 2.62 bits per heavy atom. The van der Waals surface area contributed by atoms with Crippen molar-refractivity contribution in [2.75, 3.05) is 38.2 Å². The highest BCUT2D eigenvalue weighted by Crippen LogP contribution is 2.11. The molecule has 1 saturated heterocycles. The number of sulfone groups is 1. The molecule has 1 fully saturated rings. The van der Waals surface area contributed by atoms with Crippen molar-refractivity contribution in [3.63, 3.8) is 0 Å². The average Bonchev–Trinajstić information content (AvgIpc) is 2.24. The Hall–Kier alpha value is -0.130. The molecule has 0 aliphatic carbocycles. The van der Waals surface area contributed by atoms with E-state index >= 15 is 0 Å². The molecule has 0 aromatic heterocycles. The molecule has 1 aliphatic rings. The van der Waals surface area contributed by atoms with Crippen LogP contribution in [0.3, 0.4) is 0 Å². The van der Waals surface area contributed by atoms with Crippen LogP contribution in [0.4, 0.5) is 0 Å². The first-order chi connectivity index (χ1) is 7.53. The molecule has 1 N–H and O–H groups in total. The molecule has 0 spiro atoms. The third-order valence-electron chi connectivity index (χ3n) is 3.05. The minimum atomic E-state index is -2.84. The summed E-state index contributed by atoms with van der Waals surface area (Å²) < 4.78 is 22.4. The van der Waals surface area contributed by atoms with Crippen LogP contribution >= 0.6 is 0 Å². The van der Waals surface area contributed by atoms with Crippen LogP contribution in [0.1, 0.15) is 26.2 Å². The summed E-state index contributed by atoms with van der Waals surface area (Å²) in [5, 5.41) is 3.38. The molecule has 0 aromatic rings. The van der Waals surface area contributed by atoms with Crippen LogP contribution in [0.5, 0.6) is 0 Å². The first kappa shape index (κ1) is 13.9. The van der Waals surface area contributed by atoms with Crippen LogP contribution in [0.15, 0.2) is 0 Å². The predicted octanol–water partition coefficient (Wildman–Crippen LogP) is 0.495. The Morgan fingerprint density at radius 1 is 1.38 bits per heavy atom. The molecule has 1 rings (SSSR count). The van der Waals surface area contributed by atoms with Crippen molar-refractivity contribution >= 4 is 9.84 Å². The normalized spacial score (nSPS) is 22.6. The van der Waals surface area contributed by atoms with E-state index in [0.717, 1.165) is 26.1 Å². The number of hydrogen-bond donors (Lipinski definition) is 1. The number of rotatable bonds is 6. The lowest BCUT2D eigenvalue weighted by Gasteiger charge is -2.34. The molecular weight excluding hydrogens is 224 g/mol. The second-order valence-electron chi connectivity index (χ2n) is 4.67. The summed E-state index contributed by atoms with van der Waals surface area (Å²) in [6.07, 6.45) is 4.79. The molecule has 1 heterocycles. The summed E-state index contributed by atoms with van der Waals surface area (Å²) in [5.41, 5.74) is 0. The Morgan fingerprint density at radius 2 is 2.12 bits per heavy atom. The minimum Gasteiger partial charge on any atom is -0.315 e.